The quantitative estimate of drug-likeness (QED) is 0.734. The van der Waals surface area contributed by atoms with Crippen molar-refractivity contribution in [2.24, 2.45) is 5.92 Å². The molecule has 0 radical (unpaired) electrons. The van der Waals surface area contributed by atoms with Gasteiger partial charge < -0.3 is 24.2 Å². The predicted molar refractivity (Wildman–Crippen MR) is 114 cm³/mol. The molecule has 8 nitrogen and oxygen atoms in total. The SMILES string of the molecule is CCC(=O)N1CCc2cc(N3C[C@H](C(=O)N4CCC5(CC4)OCCO5)CC3=O)ccc21. The zero-order valence-electron chi connectivity index (χ0n) is 18.0. The molecule has 166 valence electrons. The van der Waals surface area contributed by atoms with Gasteiger partial charge in [0.1, 0.15) is 0 Å². The van der Waals surface area contributed by atoms with Crippen molar-refractivity contribution in [1.29, 1.82) is 0 Å². The van der Waals surface area contributed by atoms with E-state index in [4.69, 9.17) is 9.47 Å². The average molecular weight is 428 g/mol. The predicted octanol–water partition coefficient (Wildman–Crippen LogP) is 1.70. The number of carbonyl (C=O) groups excluding carboxylic acids is 3. The molecule has 3 fully saturated rings. The normalized spacial score (nSPS) is 24.9. The van der Waals surface area contributed by atoms with Crippen LogP contribution < -0.4 is 9.80 Å². The highest BCUT2D eigenvalue weighted by molar-refractivity contribution is 6.01. The van der Waals surface area contributed by atoms with Crippen LogP contribution in [-0.4, -0.2) is 67.8 Å². The van der Waals surface area contributed by atoms with Crippen LogP contribution in [0.25, 0.3) is 0 Å². The number of ether oxygens (including phenoxy) is 2. The van der Waals surface area contributed by atoms with Crippen LogP contribution in [0.1, 0.15) is 38.2 Å². The Hall–Kier alpha value is -2.45. The van der Waals surface area contributed by atoms with Gasteiger partial charge in [0.15, 0.2) is 5.79 Å². The van der Waals surface area contributed by atoms with Gasteiger partial charge in [0, 0.05) is 63.2 Å². The van der Waals surface area contributed by atoms with Gasteiger partial charge >= 0.3 is 0 Å². The van der Waals surface area contributed by atoms with Crippen LogP contribution in [0.15, 0.2) is 18.2 Å². The molecule has 1 spiro atoms. The molecule has 0 saturated carbocycles. The Morgan fingerprint density at radius 1 is 1.13 bits per heavy atom. The molecular weight excluding hydrogens is 398 g/mol. The molecule has 0 bridgehead atoms. The van der Waals surface area contributed by atoms with E-state index < -0.39 is 5.79 Å². The maximum Gasteiger partial charge on any atom is 0.228 e. The highest BCUT2D eigenvalue weighted by Gasteiger charge is 2.43. The summed E-state index contributed by atoms with van der Waals surface area (Å²) in [7, 11) is 0. The number of rotatable bonds is 3. The van der Waals surface area contributed by atoms with E-state index in [0.29, 0.717) is 58.7 Å². The van der Waals surface area contributed by atoms with Crippen molar-refractivity contribution in [2.45, 2.75) is 44.8 Å². The van der Waals surface area contributed by atoms with Crippen LogP contribution in [0.4, 0.5) is 11.4 Å². The minimum absolute atomic E-state index is 0.0197. The van der Waals surface area contributed by atoms with Gasteiger partial charge in [-0.1, -0.05) is 6.92 Å². The molecule has 1 aromatic rings. The van der Waals surface area contributed by atoms with Crippen LogP contribution in [0.5, 0.6) is 0 Å². The van der Waals surface area contributed by atoms with E-state index in [1.807, 2.05) is 34.9 Å². The molecule has 8 heteroatoms. The van der Waals surface area contributed by atoms with E-state index >= 15 is 0 Å². The Morgan fingerprint density at radius 2 is 1.87 bits per heavy atom. The van der Waals surface area contributed by atoms with Gasteiger partial charge in [0.2, 0.25) is 17.7 Å². The Labute approximate surface area is 182 Å². The first kappa shape index (κ1) is 20.5. The Morgan fingerprint density at radius 3 is 2.58 bits per heavy atom. The van der Waals surface area contributed by atoms with E-state index in [2.05, 4.69) is 0 Å². The van der Waals surface area contributed by atoms with Crippen LogP contribution in [0, 0.1) is 5.92 Å². The fourth-order valence-electron chi connectivity index (χ4n) is 5.24. The summed E-state index contributed by atoms with van der Waals surface area (Å²) in [6, 6.07) is 5.83. The summed E-state index contributed by atoms with van der Waals surface area (Å²) in [6.45, 7) is 5.39. The number of nitrogens with zero attached hydrogens (tertiary/aromatic N) is 3. The van der Waals surface area contributed by atoms with Crippen LogP contribution in [0.2, 0.25) is 0 Å². The lowest BCUT2D eigenvalue weighted by molar-refractivity contribution is -0.188. The van der Waals surface area contributed by atoms with Gasteiger partial charge in [-0.05, 0) is 30.2 Å². The number of fused-ring (bicyclic) bond motifs is 1. The molecule has 1 aromatic carbocycles. The summed E-state index contributed by atoms with van der Waals surface area (Å²) < 4.78 is 11.5. The molecule has 0 unspecified atom stereocenters. The molecule has 4 heterocycles. The van der Waals surface area contributed by atoms with Gasteiger partial charge in [-0.15, -0.1) is 0 Å². The molecule has 0 aliphatic carbocycles. The summed E-state index contributed by atoms with van der Waals surface area (Å²) in [5.74, 6) is -0.686. The lowest BCUT2D eigenvalue weighted by Crippen LogP contribution is -2.49. The minimum atomic E-state index is -0.508. The van der Waals surface area contributed by atoms with Gasteiger partial charge in [0.25, 0.3) is 0 Å². The fourth-order valence-corrected chi connectivity index (χ4v) is 5.24. The summed E-state index contributed by atoms with van der Waals surface area (Å²) in [6.07, 6.45) is 2.87. The van der Waals surface area contributed by atoms with Crippen molar-refractivity contribution in [2.75, 3.05) is 49.2 Å². The zero-order chi connectivity index (χ0) is 21.6. The third kappa shape index (κ3) is 3.61. The summed E-state index contributed by atoms with van der Waals surface area (Å²) in [5, 5.41) is 0. The minimum Gasteiger partial charge on any atom is -0.347 e. The number of benzene rings is 1. The first-order chi connectivity index (χ1) is 15.0. The second kappa shape index (κ2) is 7.91. The molecule has 4 aliphatic rings. The summed E-state index contributed by atoms with van der Waals surface area (Å²) >= 11 is 0. The third-order valence-electron chi connectivity index (χ3n) is 7.00. The molecule has 3 amide bonds. The fraction of sp³-hybridized carbons (Fsp3) is 0.609. The van der Waals surface area contributed by atoms with Gasteiger partial charge in [-0.3, -0.25) is 14.4 Å². The Kier molecular flexibility index (Phi) is 5.22. The van der Waals surface area contributed by atoms with E-state index in [1.54, 1.807) is 4.90 Å². The number of piperidine rings is 1. The highest BCUT2D eigenvalue weighted by atomic mass is 16.7. The maximum absolute atomic E-state index is 13.1. The third-order valence-corrected chi connectivity index (χ3v) is 7.00. The van der Waals surface area contributed by atoms with Crippen molar-refractivity contribution in [1.82, 2.24) is 4.90 Å². The lowest BCUT2D eigenvalue weighted by atomic mass is 10.0. The molecular formula is C23H29N3O5. The van der Waals surface area contributed by atoms with Gasteiger partial charge in [-0.2, -0.15) is 0 Å². The number of carbonyl (C=O) groups is 3. The Balaban J connectivity index is 1.24. The summed E-state index contributed by atoms with van der Waals surface area (Å²) in [4.78, 5) is 43.4. The van der Waals surface area contributed by atoms with E-state index in [-0.39, 0.29) is 30.1 Å². The number of hydrogen-bond acceptors (Lipinski definition) is 5. The lowest BCUT2D eigenvalue weighted by Gasteiger charge is -2.38. The smallest absolute Gasteiger partial charge is 0.228 e. The summed E-state index contributed by atoms with van der Waals surface area (Å²) in [5.41, 5.74) is 2.84. The van der Waals surface area contributed by atoms with Crippen LogP contribution in [-0.2, 0) is 30.3 Å². The van der Waals surface area contributed by atoms with Crippen LogP contribution >= 0.6 is 0 Å². The first-order valence-electron chi connectivity index (χ1n) is 11.3. The van der Waals surface area contributed by atoms with Crippen molar-refractivity contribution in [3.63, 3.8) is 0 Å². The molecule has 0 N–H and O–H groups in total. The van der Waals surface area contributed by atoms with E-state index in [9.17, 15) is 14.4 Å². The molecule has 0 aromatic heterocycles. The number of amides is 3. The molecule has 1 atom stereocenters. The van der Waals surface area contributed by atoms with Crippen molar-refractivity contribution >= 4 is 29.1 Å². The van der Waals surface area contributed by atoms with Crippen LogP contribution in [0.3, 0.4) is 0 Å². The highest BCUT2D eigenvalue weighted by Crippen LogP contribution is 2.36. The van der Waals surface area contributed by atoms with E-state index in [1.165, 1.54) is 0 Å². The maximum atomic E-state index is 13.1. The molecule has 31 heavy (non-hydrogen) atoms. The van der Waals surface area contributed by atoms with Crippen molar-refractivity contribution in [3.05, 3.63) is 23.8 Å². The second-order valence-electron chi connectivity index (χ2n) is 8.80. The van der Waals surface area contributed by atoms with Crippen molar-refractivity contribution < 1.29 is 23.9 Å². The Bertz CT molecular complexity index is 900. The largest absolute Gasteiger partial charge is 0.347 e. The average Bonchev–Trinajstić information content (AvgIpc) is 3.51. The number of hydrogen-bond donors (Lipinski definition) is 0. The molecule has 3 saturated heterocycles. The monoisotopic (exact) mass is 427 g/mol. The topological polar surface area (TPSA) is 79.4 Å². The number of anilines is 2. The molecule has 5 rings (SSSR count). The van der Waals surface area contributed by atoms with E-state index in [0.717, 1.165) is 23.4 Å². The number of likely N-dealkylation sites (tertiary alicyclic amines) is 1. The first-order valence-corrected chi connectivity index (χ1v) is 11.3. The van der Waals surface area contributed by atoms with Gasteiger partial charge in [-0.25, -0.2) is 0 Å². The zero-order valence-corrected chi connectivity index (χ0v) is 18.0. The standard InChI is InChI=1S/C23H29N3O5/c1-2-20(27)25-8-5-16-13-18(3-4-19(16)25)26-15-17(14-21(26)28)22(29)24-9-6-23(7-10-24)30-11-12-31-23/h3-4,13,17H,2,5-12,14-15H2,1H3/t17-/m1/s1. The molecule has 4 aliphatic heterocycles. The van der Waals surface area contributed by atoms with Gasteiger partial charge in [0.05, 0.1) is 19.1 Å². The second-order valence-corrected chi connectivity index (χ2v) is 8.80. The van der Waals surface area contributed by atoms with Crippen molar-refractivity contribution in [3.8, 4) is 0 Å².